The van der Waals surface area contributed by atoms with Gasteiger partial charge in [-0.05, 0) is 31.1 Å². The number of carbonyl (C=O) groups excluding carboxylic acids is 1. The van der Waals surface area contributed by atoms with E-state index in [1.54, 1.807) is 19.2 Å². The largest absolute Gasteiger partial charge is 0.469 e. The molecule has 4 heteroatoms. The van der Waals surface area contributed by atoms with E-state index in [2.05, 4.69) is 10.5 Å². The summed E-state index contributed by atoms with van der Waals surface area (Å²) in [4.78, 5) is 11.8. The van der Waals surface area contributed by atoms with Gasteiger partial charge >= 0.3 is 0 Å². The van der Waals surface area contributed by atoms with Crippen molar-refractivity contribution < 1.29 is 9.21 Å². The molecule has 0 aliphatic carbocycles. The second-order valence-electron chi connectivity index (χ2n) is 4.39. The molecule has 0 radical (unpaired) electrons. The molecule has 0 spiro atoms. The predicted molar refractivity (Wildman–Crippen MR) is 79.5 cm³/mol. The van der Waals surface area contributed by atoms with Crippen LogP contribution in [-0.2, 0) is 0 Å². The highest BCUT2D eigenvalue weighted by atomic mass is 16.3. The van der Waals surface area contributed by atoms with Gasteiger partial charge in [0.2, 0.25) is 0 Å². The van der Waals surface area contributed by atoms with Crippen molar-refractivity contribution in [1.82, 2.24) is 5.43 Å². The Morgan fingerprint density at radius 1 is 1.25 bits per heavy atom. The fourth-order valence-corrected chi connectivity index (χ4v) is 1.72. The molecule has 20 heavy (non-hydrogen) atoms. The van der Waals surface area contributed by atoms with Crippen LogP contribution in [0, 0.1) is 6.92 Å². The van der Waals surface area contributed by atoms with Crippen molar-refractivity contribution in [3.05, 3.63) is 65.1 Å². The molecule has 102 valence electrons. The highest BCUT2D eigenvalue weighted by Crippen LogP contribution is 2.08. The average molecular weight is 268 g/mol. The minimum Gasteiger partial charge on any atom is -0.469 e. The maximum absolute atomic E-state index is 11.8. The molecule has 1 heterocycles. The van der Waals surface area contributed by atoms with Gasteiger partial charge in [0, 0.05) is 0 Å². The number of hydrazone groups is 1. The smallest absolute Gasteiger partial charge is 0.274 e. The quantitative estimate of drug-likeness (QED) is 0.682. The summed E-state index contributed by atoms with van der Waals surface area (Å²) < 4.78 is 5.07. The Hall–Kier alpha value is -2.62. The van der Waals surface area contributed by atoms with Gasteiger partial charge in [0.25, 0.3) is 5.91 Å². The van der Waals surface area contributed by atoms with Crippen molar-refractivity contribution in [3.63, 3.8) is 0 Å². The monoisotopic (exact) mass is 268 g/mol. The molecular formula is C16H16N2O2. The van der Waals surface area contributed by atoms with Gasteiger partial charge in [-0.25, -0.2) is 5.43 Å². The van der Waals surface area contributed by atoms with Crippen LogP contribution in [0.4, 0.5) is 0 Å². The van der Waals surface area contributed by atoms with Crippen molar-refractivity contribution in [3.8, 4) is 0 Å². The molecule has 0 unspecified atom stereocenters. The lowest BCUT2D eigenvalue weighted by Gasteiger charge is -1.98. The second-order valence-corrected chi connectivity index (χ2v) is 4.39. The molecule has 0 aliphatic heterocycles. The predicted octanol–water partition coefficient (Wildman–Crippen LogP) is 3.41. The van der Waals surface area contributed by atoms with E-state index in [9.17, 15) is 4.79 Å². The molecule has 2 aromatic rings. The fraction of sp³-hybridized carbons (Fsp3) is 0.125. The number of aryl methyl sites for hydroxylation is 1. The normalized spacial score (nSPS) is 11.8. The first-order valence-electron chi connectivity index (χ1n) is 6.27. The van der Waals surface area contributed by atoms with Crippen LogP contribution in [0.25, 0.3) is 6.08 Å². The van der Waals surface area contributed by atoms with Gasteiger partial charge in [0.05, 0.1) is 18.0 Å². The van der Waals surface area contributed by atoms with E-state index in [0.717, 1.165) is 11.1 Å². The summed E-state index contributed by atoms with van der Waals surface area (Å²) in [5.74, 6) is 0.300. The number of nitrogens with zero attached hydrogens (tertiary/aromatic N) is 1. The van der Waals surface area contributed by atoms with E-state index in [4.69, 9.17) is 4.42 Å². The van der Waals surface area contributed by atoms with Crippen LogP contribution in [0.5, 0.6) is 0 Å². The number of furan rings is 1. The zero-order valence-corrected chi connectivity index (χ0v) is 11.5. The van der Waals surface area contributed by atoms with Gasteiger partial charge in [0.15, 0.2) is 0 Å². The Morgan fingerprint density at radius 2 is 2.00 bits per heavy atom. The summed E-state index contributed by atoms with van der Waals surface area (Å²) in [5.41, 5.74) is 5.00. The third kappa shape index (κ3) is 3.68. The molecule has 2 rings (SSSR count). The first kappa shape index (κ1) is 13.8. The number of hydrogen-bond donors (Lipinski definition) is 1. The number of carbonyl (C=O) groups is 1. The molecule has 1 aromatic heterocycles. The van der Waals surface area contributed by atoms with Gasteiger partial charge in [-0.1, -0.05) is 36.4 Å². The van der Waals surface area contributed by atoms with Crippen LogP contribution >= 0.6 is 0 Å². The summed E-state index contributed by atoms with van der Waals surface area (Å²) in [7, 11) is 0. The van der Waals surface area contributed by atoms with Crippen LogP contribution in [0.1, 0.15) is 28.6 Å². The Kier molecular flexibility index (Phi) is 4.50. The lowest BCUT2D eigenvalue weighted by Crippen LogP contribution is -2.17. The van der Waals surface area contributed by atoms with Crippen LogP contribution in [-0.4, -0.2) is 12.1 Å². The van der Waals surface area contributed by atoms with Gasteiger partial charge in [-0.2, -0.15) is 5.10 Å². The maximum atomic E-state index is 11.8. The molecule has 1 aromatic carbocycles. The van der Waals surface area contributed by atoms with E-state index in [-0.39, 0.29) is 5.91 Å². The molecule has 4 nitrogen and oxygen atoms in total. The highest BCUT2D eigenvalue weighted by molar-refractivity contribution is 5.95. The SMILES string of the molecule is CC(C=NNC(=O)c1ccoc1C)=Cc1ccccc1. The third-order valence-electron chi connectivity index (χ3n) is 2.73. The van der Waals surface area contributed by atoms with E-state index in [1.165, 1.54) is 6.26 Å². The van der Waals surface area contributed by atoms with Gasteiger partial charge in [0.1, 0.15) is 5.76 Å². The van der Waals surface area contributed by atoms with Crippen LogP contribution in [0.2, 0.25) is 0 Å². The third-order valence-corrected chi connectivity index (χ3v) is 2.73. The molecular weight excluding hydrogens is 252 g/mol. The number of rotatable bonds is 4. The van der Waals surface area contributed by atoms with Crippen molar-refractivity contribution in [2.75, 3.05) is 0 Å². The Labute approximate surface area is 117 Å². The number of hydrogen-bond acceptors (Lipinski definition) is 3. The van der Waals surface area contributed by atoms with Gasteiger partial charge in [-0.3, -0.25) is 4.79 Å². The molecule has 0 saturated heterocycles. The maximum Gasteiger partial charge on any atom is 0.274 e. The zero-order valence-electron chi connectivity index (χ0n) is 11.5. The van der Waals surface area contributed by atoms with Crippen molar-refractivity contribution in [2.45, 2.75) is 13.8 Å². The zero-order chi connectivity index (χ0) is 14.4. The molecule has 0 saturated carbocycles. The molecule has 0 bridgehead atoms. The average Bonchev–Trinajstić information content (AvgIpc) is 2.86. The van der Waals surface area contributed by atoms with E-state index in [1.807, 2.05) is 43.3 Å². The molecule has 1 amide bonds. The number of amides is 1. The first-order valence-corrected chi connectivity index (χ1v) is 6.27. The fourth-order valence-electron chi connectivity index (χ4n) is 1.72. The van der Waals surface area contributed by atoms with Gasteiger partial charge in [-0.15, -0.1) is 0 Å². The summed E-state index contributed by atoms with van der Waals surface area (Å²) in [6, 6.07) is 11.5. The van der Waals surface area contributed by atoms with Gasteiger partial charge < -0.3 is 4.42 Å². The summed E-state index contributed by atoms with van der Waals surface area (Å²) >= 11 is 0. The Morgan fingerprint density at radius 3 is 2.65 bits per heavy atom. The van der Waals surface area contributed by atoms with E-state index < -0.39 is 0 Å². The number of benzene rings is 1. The van der Waals surface area contributed by atoms with Crippen LogP contribution < -0.4 is 5.43 Å². The molecule has 0 atom stereocenters. The Bertz CT molecular complexity index is 640. The molecule has 0 aliphatic rings. The van der Waals surface area contributed by atoms with Crippen molar-refractivity contribution >= 4 is 18.2 Å². The topological polar surface area (TPSA) is 54.6 Å². The lowest BCUT2D eigenvalue weighted by molar-refractivity contribution is 0.0953. The highest BCUT2D eigenvalue weighted by Gasteiger charge is 2.09. The summed E-state index contributed by atoms with van der Waals surface area (Å²) in [5, 5.41) is 3.93. The van der Waals surface area contributed by atoms with Crippen molar-refractivity contribution in [1.29, 1.82) is 0 Å². The van der Waals surface area contributed by atoms with Crippen LogP contribution in [0.3, 0.4) is 0 Å². The molecule has 0 fully saturated rings. The van der Waals surface area contributed by atoms with Crippen LogP contribution in [0.15, 0.2) is 57.8 Å². The number of allylic oxidation sites excluding steroid dienone is 1. The van der Waals surface area contributed by atoms with Crippen molar-refractivity contribution in [2.24, 2.45) is 5.10 Å². The number of nitrogens with one attached hydrogen (secondary N) is 1. The lowest BCUT2D eigenvalue weighted by atomic mass is 10.1. The standard InChI is InChI=1S/C16H16N2O2/c1-12(10-14-6-4-3-5-7-14)11-17-18-16(19)15-8-9-20-13(15)2/h3-11H,1-2H3,(H,18,19). The summed E-state index contributed by atoms with van der Waals surface area (Å²) in [6.45, 7) is 3.66. The van der Waals surface area contributed by atoms with E-state index >= 15 is 0 Å². The minimum atomic E-state index is -0.278. The Balaban J connectivity index is 1.95. The molecule has 1 N–H and O–H groups in total. The minimum absolute atomic E-state index is 0.278. The first-order chi connectivity index (χ1) is 9.66. The second kappa shape index (κ2) is 6.52. The summed E-state index contributed by atoms with van der Waals surface area (Å²) in [6.07, 6.45) is 5.08. The van der Waals surface area contributed by atoms with E-state index in [0.29, 0.717) is 11.3 Å².